The SMILES string of the molecule is CCN1CCN(c2ccc(C(N)=S)cn2)CC1C. The number of hydrogen-bond acceptors (Lipinski definition) is 4. The number of anilines is 1. The van der Waals surface area contributed by atoms with Gasteiger partial charge in [-0.1, -0.05) is 19.1 Å². The lowest BCUT2D eigenvalue weighted by Crippen LogP contribution is -2.51. The van der Waals surface area contributed by atoms with Crippen molar-refractivity contribution in [3.63, 3.8) is 0 Å². The summed E-state index contributed by atoms with van der Waals surface area (Å²) in [5.41, 5.74) is 6.40. The number of aromatic nitrogens is 1. The van der Waals surface area contributed by atoms with Crippen molar-refractivity contribution < 1.29 is 0 Å². The van der Waals surface area contributed by atoms with E-state index in [9.17, 15) is 0 Å². The molecule has 1 saturated heterocycles. The molecular weight excluding hydrogens is 244 g/mol. The van der Waals surface area contributed by atoms with Crippen LogP contribution in [0.5, 0.6) is 0 Å². The number of nitrogens with zero attached hydrogens (tertiary/aromatic N) is 3. The molecule has 0 aliphatic carbocycles. The lowest BCUT2D eigenvalue weighted by molar-refractivity contribution is 0.199. The van der Waals surface area contributed by atoms with Crippen molar-refractivity contribution in [1.82, 2.24) is 9.88 Å². The zero-order valence-electron chi connectivity index (χ0n) is 11.0. The molecular formula is C13H20N4S. The fraction of sp³-hybridized carbons (Fsp3) is 0.538. The zero-order valence-corrected chi connectivity index (χ0v) is 11.8. The van der Waals surface area contributed by atoms with E-state index >= 15 is 0 Å². The highest BCUT2D eigenvalue weighted by Crippen LogP contribution is 2.17. The number of thiocarbonyl (C=S) groups is 1. The first-order chi connectivity index (χ1) is 8.61. The Morgan fingerprint density at radius 2 is 2.28 bits per heavy atom. The molecule has 0 aromatic carbocycles. The van der Waals surface area contributed by atoms with Gasteiger partial charge in [-0.05, 0) is 25.6 Å². The molecule has 4 nitrogen and oxygen atoms in total. The first kappa shape index (κ1) is 13.2. The molecule has 2 rings (SSSR count). The molecule has 2 N–H and O–H groups in total. The first-order valence-corrected chi connectivity index (χ1v) is 6.77. The van der Waals surface area contributed by atoms with Gasteiger partial charge in [0.1, 0.15) is 10.8 Å². The normalized spacial score (nSPS) is 21.0. The van der Waals surface area contributed by atoms with Gasteiger partial charge in [0.2, 0.25) is 0 Å². The highest BCUT2D eigenvalue weighted by molar-refractivity contribution is 7.80. The molecule has 1 aliphatic heterocycles. The highest BCUT2D eigenvalue weighted by atomic mass is 32.1. The molecule has 0 bridgehead atoms. The van der Waals surface area contributed by atoms with Gasteiger partial charge < -0.3 is 10.6 Å². The van der Waals surface area contributed by atoms with Crippen LogP contribution in [-0.2, 0) is 0 Å². The van der Waals surface area contributed by atoms with Gasteiger partial charge in [-0.2, -0.15) is 0 Å². The van der Waals surface area contributed by atoms with Crippen LogP contribution in [0, 0.1) is 0 Å². The summed E-state index contributed by atoms with van der Waals surface area (Å²) in [4.78, 5) is 9.66. The fourth-order valence-corrected chi connectivity index (χ4v) is 2.51. The van der Waals surface area contributed by atoms with E-state index in [-0.39, 0.29) is 0 Å². The van der Waals surface area contributed by atoms with Gasteiger partial charge in [-0.15, -0.1) is 0 Å². The predicted octanol–water partition coefficient (Wildman–Crippen LogP) is 1.25. The molecule has 98 valence electrons. The average Bonchev–Trinajstić information content (AvgIpc) is 2.38. The van der Waals surface area contributed by atoms with Gasteiger partial charge >= 0.3 is 0 Å². The second kappa shape index (κ2) is 5.63. The Hall–Kier alpha value is -1.20. The van der Waals surface area contributed by atoms with E-state index in [1.807, 2.05) is 12.1 Å². The smallest absolute Gasteiger partial charge is 0.128 e. The third kappa shape index (κ3) is 2.79. The molecule has 5 heteroatoms. The van der Waals surface area contributed by atoms with Crippen molar-refractivity contribution in [3.8, 4) is 0 Å². The maximum absolute atomic E-state index is 5.57. The molecule has 0 amide bonds. The van der Waals surface area contributed by atoms with Crippen molar-refractivity contribution in [3.05, 3.63) is 23.9 Å². The van der Waals surface area contributed by atoms with E-state index in [1.54, 1.807) is 6.20 Å². The van der Waals surface area contributed by atoms with Crippen LogP contribution in [0.4, 0.5) is 5.82 Å². The monoisotopic (exact) mass is 264 g/mol. The van der Waals surface area contributed by atoms with Crippen LogP contribution in [0.15, 0.2) is 18.3 Å². The lowest BCUT2D eigenvalue weighted by atomic mass is 10.2. The Labute approximate surface area is 114 Å². The first-order valence-electron chi connectivity index (χ1n) is 6.36. The topological polar surface area (TPSA) is 45.4 Å². The largest absolute Gasteiger partial charge is 0.389 e. The summed E-state index contributed by atoms with van der Waals surface area (Å²) < 4.78 is 0. The standard InChI is InChI=1S/C13H20N4S/c1-3-16-6-7-17(9-10(16)2)12-5-4-11(8-15-12)13(14)18/h4-5,8,10H,3,6-7,9H2,1-2H3,(H2,14,18). The van der Waals surface area contributed by atoms with Gasteiger partial charge in [-0.3, -0.25) is 4.90 Å². The Bertz CT molecular complexity index is 418. The predicted molar refractivity (Wildman–Crippen MR) is 79.0 cm³/mol. The minimum Gasteiger partial charge on any atom is -0.389 e. The number of piperazine rings is 1. The fourth-order valence-electron chi connectivity index (χ4n) is 2.39. The molecule has 0 spiro atoms. The van der Waals surface area contributed by atoms with Crippen molar-refractivity contribution in [1.29, 1.82) is 0 Å². The zero-order chi connectivity index (χ0) is 13.1. The summed E-state index contributed by atoms with van der Waals surface area (Å²) in [5, 5.41) is 0. The number of likely N-dealkylation sites (N-methyl/N-ethyl adjacent to an activating group) is 1. The second-order valence-corrected chi connectivity index (χ2v) is 5.13. The number of hydrogen-bond donors (Lipinski definition) is 1. The van der Waals surface area contributed by atoms with Crippen LogP contribution in [0.1, 0.15) is 19.4 Å². The minimum absolute atomic E-state index is 0.401. The maximum Gasteiger partial charge on any atom is 0.128 e. The summed E-state index contributed by atoms with van der Waals surface area (Å²) in [6.45, 7) is 8.73. The molecule has 1 fully saturated rings. The van der Waals surface area contributed by atoms with Crippen LogP contribution in [0.2, 0.25) is 0 Å². The van der Waals surface area contributed by atoms with Gasteiger partial charge in [0.05, 0.1) is 0 Å². The van der Waals surface area contributed by atoms with E-state index in [0.29, 0.717) is 11.0 Å². The Morgan fingerprint density at radius 3 is 2.78 bits per heavy atom. The molecule has 2 heterocycles. The Morgan fingerprint density at radius 1 is 1.50 bits per heavy atom. The van der Waals surface area contributed by atoms with Crippen molar-refractivity contribution >= 4 is 23.0 Å². The molecule has 18 heavy (non-hydrogen) atoms. The summed E-state index contributed by atoms with van der Waals surface area (Å²) in [6.07, 6.45) is 1.76. The maximum atomic E-state index is 5.57. The number of nitrogens with two attached hydrogens (primary N) is 1. The van der Waals surface area contributed by atoms with E-state index in [1.165, 1.54) is 0 Å². The van der Waals surface area contributed by atoms with Crippen LogP contribution >= 0.6 is 12.2 Å². The third-order valence-electron chi connectivity index (χ3n) is 3.53. The van der Waals surface area contributed by atoms with Crippen LogP contribution < -0.4 is 10.6 Å². The molecule has 0 saturated carbocycles. The summed E-state index contributed by atoms with van der Waals surface area (Å²) in [6, 6.07) is 4.52. The van der Waals surface area contributed by atoms with Gasteiger partial charge in [-0.25, -0.2) is 4.98 Å². The molecule has 1 unspecified atom stereocenters. The van der Waals surface area contributed by atoms with E-state index in [4.69, 9.17) is 18.0 Å². The van der Waals surface area contributed by atoms with Crippen molar-refractivity contribution in [2.45, 2.75) is 19.9 Å². The Balaban J connectivity index is 2.06. The highest BCUT2D eigenvalue weighted by Gasteiger charge is 2.22. The third-order valence-corrected chi connectivity index (χ3v) is 3.76. The molecule has 1 aliphatic rings. The van der Waals surface area contributed by atoms with E-state index in [0.717, 1.165) is 37.6 Å². The van der Waals surface area contributed by atoms with E-state index in [2.05, 4.69) is 28.6 Å². The van der Waals surface area contributed by atoms with Gasteiger partial charge in [0.15, 0.2) is 0 Å². The van der Waals surface area contributed by atoms with Crippen LogP contribution in [-0.4, -0.2) is 47.1 Å². The van der Waals surface area contributed by atoms with Crippen LogP contribution in [0.25, 0.3) is 0 Å². The van der Waals surface area contributed by atoms with Crippen molar-refractivity contribution in [2.24, 2.45) is 5.73 Å². The Kier molecular flexibility index (Phi) is 4.14. The minimum atomic E-state index is 0.401. The summed E-state index contributed by atoms with van der Waals surface area (Å²) in [7, 11) is 0. The molecule has 1 aromatic heterocycles. The summed E-state index contributed by atoms with van der Waals surface area (Å²) >= 11 is 4.93. The quantitative estimate of drug-likeness (QED) is 0.832. The van der Waals surface area contributed by atoms with Gasteiger partial charge in [0, 0.05) is 37.4 Å². The van der Waals surface area contributed by atoms with Crippen molar-refractivity contribution in [2.75, 3.05) is 31.1 Å². The molecule has 1 aromatic rings. The molecule has 1 atom stereocenters. The average molecular weight is 264 g/mol. The lowest BCUT2D eigenvalue weighted by Gasteiger charge is -2.39. The number of rotatable bonds is 3. The second-order valence-electron chi connectivity index (χ2n) is 4.69. The molecule has 0 radical (unpaired) electrons. The van der Waals surface area contributed by atoms with Crippen LogP contribution in [0.3, 0.4) is 0 Å². The van der Waals surface area contributed by atoms with E-state index < -0.39 is 0 Å². The summed E-state index contributed by atoms with van der Waals surface area (Å²) in [5.74, 6) is 1.01. The van der Waals surface area contributed by atoms with Gasteiger partial charge in [0.25, 0.3) is 0 Å². The number of pyridine rings is 1.